The van der Waals surface area contributed by atoms with Gasteiger partial charge in [-0.1, -0.05) is 53.5 Å². The first kappa shape index (κ1) is 30.2. The number of fused-ring (bicyclic) bond motifs is 4. The second kappa shape index (κ2) is 11.3. The first-order valence-electron chi connectivity index (χ1n) is 13.8. The SMILES string of the molecule is COc1cc(O)c2c(c1C(=O)NCc1ccc(Oc3ccc(Cl)cc3Cl)c3ccccc13)OC1=CC(=O)C(C(C)=O)C(=O)[C@]12C. The van der Waals surface area contributed by atoms with E-state index in [0.29, 0.717) is 21.5 Å². The summed E-state index contributed by atoms with van der Waals surface area (Å²) in [6.07, 6.45) is 1.08. The number of allylic oxidation sites excluding steroid dienone is 2. The summed E-state index contributed by atoms with van der Waals surface area (Å²) in [5.74, 6) is -3.86. The molecule has 45 heavy (non-hydrogen) atoms. The molecule has 0 bridgehead atoms. The number of aromatic hydroxyl groups is 1. The Morgan fingerprint density at radius 1 is 1.00 bits per heavy atom. The molecule has 0 spiro atoms. The number of ketones is 3. The second-order valence-electron chi connectivity index (χ2n) is 10.9. The average molecular weight is 646 g/mol. The molecule has 1 amide bonds. The molecule has 4 aromatic carbocycles. The first-order chi connectivity index (χ1) is 21.4. The molecule has 9 nitrogen and oxygen atoms in total. The molecule has 228 valence electrons. The molecular formula is C34H25Cl2NO8. The Kier molecular flexibility index (Phi) is 7.54. The smallest absolute Gasteiger partial charge is 0.259 e. The van der Waals surface area contributed by atoms with Crippen molar-refractivity contribution in [2.24, 2.45) is 5.92 Å². The number of hydrogen-bond acceptors (Lipinski definition) is 8. The largest absolute Gasteiger partial charge is 0.507 e. The van der Waals surface area contributed by atoms with E-state index in [-0.39, 0.29) is 40.7 Å². The summed E-state index contributed by atoms with van der Waals surface area (Å²) < 4.78 is 17.5. The van der Waals surface area contributed by atoms with E-state index in [2.05, 4.69) is 5.32 Å². The van der Waals surface area contributed by atoms with Gasteiger partial charge in [0.25, 0.3) is 5.91 Å². The Hall–Kier alpha value is -4.86. The van der Waals surface area contributed by atoms with Crippen LogP contribution in [-0.2, 0) is 26.3 Å². The lowest BCUT2D eigenvalue weighted by Gasteiger charge is -2.30. The number of methoxy groups -OCH3 is 1. The minimum atomic E-state index is -1.66. The van der Waals surface area contributed by atoms with E-state index in [1.54, 1.807) is 24.3 Å². The Bertz CT molecular complexity index is 2000. The van der Waals surface area contributed by atoms with Crippen molar-refractivity contribution in [3.05, 3.63) is 99.2 Å². The van der Waals surface area contributed by atoms with Crippen LogP contribution in [0.5, 0.6) is 28.7 Å². The number of benzene rings is 4. The Balaban J connectivity index is 1.34. The molecule has 2 atom stereocenters. The van der Waals surface area contributed by atoms with Crippen LogP contribution >= 0.6 is 23.2 Å². The van der Waals surface area contributed by atoms with E-state index in [4.69, 9.17) is 37.4 Å². The van der Waals surface area contributed by atoms with E-state index >= 15 is 0 Å². The lowest BCUT2D eigenvalue weighted by atomic mass is 9.67. The highest BCUT2D eigenvalue weighted by Gasteiger charge is 2.58. The number of carbonyl (C=O) groups excluding carboxylic acids is 4. The van der Waals surface area contributed by atoms with Crippen molar-refractivity contribution >= 4 is 57.2 Å². The summed E-state index contributed by atoms with van der Waals surface area (Å²) in [6, 6.07) is 17.2. The predicted octanol–water partition coefficient (Wildman–Crippen LogP) is 6.47. The van der Waals surface area contributed by atoms with E-state index in [9.17, 15) is 24.3 Å². The summed E-state index contributed by atoms with van der Waals surface area (Å²) in [7, 11) is 1.32. The van der Waals surface area contributed by atoms with Crippen LogP contribution in [0, 0.1) is 5.92 Å². The fourth-order valence-corrected chi connectivity index (χ4v) is 6.32. The minimum absolute atomic E-state index is 0.0121. The van der Waals surface area contributed by atoms with E-state index < -0.39 is 34.6 Å². The lowest BCUT2D eigenvalue weighted by Crippen LogP contribution is -2.47. The van der Waals surface area contributed by atoms with Crippen molar-refractivity contribution in [3.63, 3.8) is 0 Å². The molecule has 4 aromatic rings. The normalized spacial score (nSPS) is 18.5. The van der Waals surface area contributed by atoms with E-state index in [1.807, 2.05) is 30.3 Å². The molecule has 0 saturated carbocycles. The number of phenolic OH excluding ortho intramolecular Hbond substituents is 1. The third-order valence-corrected chi connectivity index (χ3v) is 8.65. The first-order valence-corrected chi connectivity index (χ1v) is 14.6. The molecule has 0 saturated heterocycles. The molecule has 1 aliphatic carbocycles. The molecule has 6 rings (SSSR count). The van der Waals surface area contributed by atoms with Gasteiger partial charge >= 0.3 is 0 Å². The summed E-state index contributed by atoms with van der Waals surface area (Å²) in [5, 5.41) is 16.3. The third kappa shape index (κ3) is 4.88. The van der Waals surface area contributed by atoms with Gasteiger partial charge in [0.1, 0.15) is 51.4 Å². The van der Waals surface area contributed by atoms with Crippen LogP contribution in [0.2, 0.25) is 10.0 Å². The van der Waals surface area contributed by atoms with Gasteiger partial charge in [0, 0.05) is 29.1 Å². The van der Waals surface area contributed by atoms with Crippen molar-refractivity contribution in [2.75, 3.05) is 7.11 Å². The number of Topliss-reactive ketones (excluding diaryl/α,β-unsaturated/α-hetero) is 2. The Morgan fingerprint density at radius 2 is 1.71 bits per heavy atom. The molecule has 1 unspecified atom stereocenters. The summed E-state index contributed by atoms with van der Waals surface area (Å²) in [4.78, 5) is 52.1. The van der Waals surface area contributed by atoms with Crippen LogP contribution in [0.4, 0.5) is 0 Å². The lowest BCUT2D eigenvalue weighted by molar-refractivity contribution is -0.140. The topological polar surface area (TPSA) is 128 Å². The number of amides is 1. The van der Waals surface area contributed by atoms with Gasteiger partial charge in [-0.15, -0.1) is 0 Å². The second-order valence-corrected chi connectivity index (χ2v) is 11.7. The van der Waals surface area contributed by atoms with E-state index in [1.165, 1.54) is 20.1 Å². The molecule has 1 heterocycles. The zero-order valence-corrected chi connectivity index (χ0v) is 25.7. The standard InChI is InChI=1S/C34H25Cl2NO8/c1-16(38)28-22(39)14-27-34(2,32(28)41)30-23(40)13-26(43-3)29(31(30)45-27)33(42)37-15-17-8-10-24(20-7-5-4-6-19(17)20)44-25-11-9-18(35)12-21(25)36/h4-14,28,40H,15H2,1-3H3,(H,37,42)/t28?,34-/m1/s1. The highest BCUT2D eigenvalue weighted by atomic mass is 35.5. The quantitative estimate of drug-likeness (QED) is 0.219. The Morgan fingerprint density at radius 3 is 2.40 bits per heavy atom. The van der Waals surface area contributed by atoms with Gasteiger partial charge in [0.15, 0.2) is 17.3 Å². The molecular weight excluding hydrogens is 621 g/mol. The summed E-state index contributed by atoms with van der Waals surface area (Å²) in [5.41, 5.74) is -0.999. The van der Waals surface area contributed by atoms with Crippen molar-refractivity contribution in [1.29, 1.82) is 0 Å². The number of hydrogen-bond donors (Lipinski definition) is 2. The fraction of sp³-hybridized carbons (Fsp3) is 0.176. The van der Waals surface area contributed by atoms with Gasteiger partial charge < -0.3 is 24.6 Å². The van der Waals surface area contributed by atoms with Crippen LogP contribution in [0.15, 0.2) is 72.5 Å². The maximum atomic E-state index is 13.8. The third-order valence-electron chi connectivity index (χ3n) is 8.12. The van der Waals surface area contributed by atoms with Gasteiger partial charge in [0.2, 0.25) is 0 Å². The van der Waals surface area contributed by atoms with Crippen LogP contribution in [-0.4, -0.2) is 35.5 Å². The molecule has 11 heteroatoms. The van der Waals surface area contributed by atoms with Crippen molar-refractivity contribution in [1.82, 2.24) is 5.32 Å². The van der Waals surface area contributed by atoms with Crippen LogP contribution < -0.4 is 19.5 Å². The monoisotopic (exact) mass is 645 g/mol. The molecule has 0 radical (unpaired) electrons. The minimum Gasteiger partial charge on any atom is -0.507 e. The van der Waals surface area contributed by atoms with Gasteiger partial charge in [-0.3, -0.25) is 19.2 Å². The van der Waals surface area contributed by atoms with Crippen LogP contribution in [0.1, 0.15) is 35.3 Å². The Labute approximate surface area is 267 Å². The summed E-state index contributed by atoms with van der Waals surface area (Å²) in [6.45, 7) is 2.68. The van der Waals surface area contributed by atoms with Gasteiger partial charge in [-0.05, 0) is 49.1 Å². The molecule has 1 aliphatic heterocycles. The van der Waals surface area contributed by atoms with E-state index in [0.717, 1.165) is 29.3 Å². The zero-order chi connectivity index (χ0) is 32.2. The van der Waals surface area contributed by atoms with Crippen molar-refractivity contribution in [3.8, 4) is 28.7 Å². The maximum absolute atomic E-state index is 13.8. The maximum Gasteiger partial charge on any atom is 0.259 e. The number of halogens is 2. The van der Waals surface area contributed by atoms with Gasteiger partial charge in [-0.25, -0.2) is 0 Å². The molecule has 2 N–H and O–H groups in total. The number of phenols is 1. The highest BCUT2D eigenvalue weighted by molar-refractivity contribution is 6.35. The number of ether oxygens (including phenoxy) is 3. The number of rotatable bonds is 7. The van der Waals surface area contributed by atoms with Crippen LogP contribution in [0.3, 0.4) is 0 Å². The number of carbonyl (C=O) groups is 4. The number of nitrogens with one attached hydrogen (secondary N) is 1. The highest BCUT2D eigenvalue weighted by Crippen LogP contribution is 2.56. The fourth-order valence-electron chi connectivity index (χ4n) is 5.87. The molecule has 2 aliphatic rings. The van der Waals surface area contributed by atoms with Gasteiger partial charge in [0.05, 0.1) is 17.7 Å². The van der Waals surface area contributed by atoms with Gasteiger partial charge in [-0.2, -0.15) is 0 Å². The predicted molar refractivity (Wildman–Crippen MR) is 167 cm³/mol. The molecule has 0 aromatic heterocycles. The van der Waals surface area contributed by atoms with Crippen molar-refractivity contribution in [2.45, 2.75) is 25.8 Å². The van der Waals surface area contributed by atoms with Crippen molar-refractivity contribution < 1.29 is 38.5 Å². The average Bonchev–Trinajstić information content (AvgIpc) is 3.30. The zero-order valence-electron chi connectivity index (χ0n) is 24.2. The summed E-state index contributed by atoms with van der Waals surface area (Å²) >= 11 is 12.3. The van der Waals surface area contributed by atoms with Crippen LogP contribution in [0.25, 0.3) is 10.8 Å². The molecule has 0 fully saturated rings.